The monoisotopic (exact) mass is 345 g/mol. The van der Waals surface area contributed by atoms with Crippen molar-refractivity contribution in [3.63, 3.8) is 0 Å². The van der Waals surface area contributed by atoms with Gasteiger partial charge in [0.15, 0.2) is 0 Å². The highest BCUT2D eigenvalue weighted by Gasteiger charge is 2.19. The minimum Gasteiger partial charge on any atom is -0.496 e. The zero-order valence-electron chi connectivity index (χ0n) is 14.5. The van der Waals surface area contributed by atoms with Crippen LogP contribution in [-0.4, -0.2) is 22.0 Å². The van der Waals surface area contributed by atoms with Crippen LogP contribution in [0.25, 0.3) is 0 Å². The zero-order valence-corrected chi connectivity index (χ0v) is 15.3. The van der Waals surface area contributed by atoms with E-state index in [1.165, 1.54) is 7.11 Å². The Hall–Kier alpha value is -2.14. The highest BCUT2D eigenvalue weighted by atomic mass is 32.2. The molecule has 0 aliphatic rings. The molecule has 2 rings (SSSR count). The van der Waals surface area contributed by atoms with Crippen LogP contribution in [0.2, 0.25) is 0 Å². The molecule has 0 aromatic heterocycles. The van der Waals surface area contributed by atoms with Gasteiger partial charge in [-0.15, -0.1) is 0 Å². The van der Waals surface area contributed by atoms with E-state index in [0.717, 1.165) is 5.56 Å². The van der Waals surface area contributed by atoms with Crippen molar-refractivity contribution >= 4 is 22.4 Å². The normalized spacial score (nSPS) is 12.5. The summed E-state index contributed by atoms with van der Waals surface area (Å²) in [7, 11) is 0.553. The van der Waals surface area contributed by atoms with E-state index in [9.17, 15) is 9.00 Å². The van der Waals surface area contributed by atoms with Crippen LogP contribution in [0.1, 0.15) is 36.7 Å². The predicted molar refractivity (Wildman–Crippen MR) is 99.0 cm³/mol. The molecule has 2 aromatic rings. The highest BCUT2D eigenvalue weighted by molar-refractivity contribution is 7.85. The summed E-state index contributed by atoms with van der Waals surface area (Å²) in [6.45, 7) is 5.86. The number of hydrogen-bond acceptors (Lipinski definition) is 3. The van der Waals surface area contributed by atoms with Crippen molar-refractivity contribution in [2.24, 2.45) is 0 Å². The fourth-order valence-electron chi connectivity index (χ4n) is 2.14. The van der Waals surface area contributed by atoms with E-state index in [4.69, 9.17) is 4.74 Å². The van der Waals surface area contributed by atoms with E-state index in [0.29, 0.717) is 22.8 Å². The van der Waals surface area contributed by atoms with E-state index in [2.05, 4.69) is 5.32 Å². The Morgan fingerprint density at radius 3 is 2.50 bits per heavy atom. The standard InChI is InChI=1S/C19H23NO3S/c1-19(2,3)24(22)13-14-8-7-9-15(12-14)20-18(21)16-10-5-6-11-17(16)23-4/h5-12H,13H2,1-4H3,(H,20,21)/t24-/m1/s1. The van der Waals surface area contributed by atoms with Gasteiger partial charge in [0.05, 0.1) is 12.7 Å². The van der Waals surface area contributed by atoms with Crippen LogP contribution in [0.3, 0.4) is 0 Å². The van der Waals surface area contributed by atoms with Gasteiger partial charge in [-0.25, -0.2) is 0 Å². The fraction of sp³-hybridized carbons (Fsp3) is 0.316. The molecular formula is C19H23NO3S. The molecule has 1 amide bonds. The first-order chi connectivity index (χ1) is 11.3. The van der Waals surface area contributed by atoms with Crippen LogP contribution in [-0.2, 0) is 16.6 Å². The average molecular weight is 345 g/mol. The van der Waals surface area contributed by atoms with E-state index < -0.39 is 10.8 Å². The number of benzene rings is 2. The molecule has 0 fully saturated rings. The second-order valence-corrected chi connectivity index (χ2v) is 8.66. The first-order valence-electron chi connectivity index (χ1n) is 7.73. The molecular weight excluding hydrogens is 322 g/mol. The van der Waals surface area contributed by atoms with Gasteiger partial charge in [0.2, 0.25) is 0 Å². The molecule has 1 N–H and O–H groups in total. The van der Waals surface area contributed by atoms with Crippen molar-refractivity contribution in [1.29, 1.82) is 0 Å². The van der Waals surface area contributed by atoms with Crippen molar-refractivity contribution < 1.29 is 13.7 Å². The number of hydrogen-bond donors (Lipinski definition) is 1. The summed E-state index contributed by atoms with van der Waals surface area (Å²) in [5, 5.41) is 2.87. The van der Waals surface area contributed by atoms with Crippen molar-refractivity contribution in [3.05, 3.63) is 59.7 Å². The lowest BCUT2D eigenvalue weighted by Crippen LogP contribution is -2.23. The molecule has 0 aliphatic heterocycles. The van der Waals surface area contributed by atoms with Gasteiger partial charge in [-0.2, -0.15) is 0 Å². The minimum atomic E-state index is -0.983. The Morgan fingerprint density at radius 2 is 1.83 bits per heavy atom. The maximum Gasteiger partial charge on any atom is 0.259 e. The van der Waals surface area contributed by atoms with Crippen LogP contribution < -0.4 is 10.1 Å². The molecule has 0 spiro atoms. The van der Waals surface area contributed by atoms with Crippen LogP contribution >= 0.6 is 0 Å². The Balaban J connectivity index is 2.15. The smallest absolute Gasteiger partial charge is 0.259 e. The van der Waals surface area contributed by atoms with Crippen molar-refractivity contribution in [2.45, 2.75) is 31.3 Å². The highest BCUT2D eigenvalue weighted by Crippen LogP contribution is 2.21. The second-order valence-electron chi connectivity index (χ2n) is 6.46. The van der Waals surface area contributed by atoms with Gasteiger partial charge < -0.3 is 10.1 Å². The summed E-state index contributed by atoms with van der Waals surface area (Å²) >= 11 is 0. The molecule has 5 heteroatoms. The zero-order chi connectivity index (χ0) is 17.7. The van der Waals surface area contributed by atoms with Gasteiger partial charge in [0, 0.05) is 27.0 Å². The number of carbonyl (C=O) groups is 1. The molecule has 0 radical (unpaired) electrons. The minimum absolute atomic E-state index is 0.235. The molecule has 128 valence electrons. The molecule has 1 atom stereocenters. The average Bonchev–Trinajstić information content (AvgIpc) is 2.54. The summed E-state index contributed by atoms with van der Waals surface area (Å²) in [5.74, 6) is 0.753. The maximum atomic E-state index is 12.4. The van der Waals surface area contributed by atoms with Crippen LogP contribution in [0.15, 0.2) is 48.5 Å². The van der Waals surface area contributed by atoms with E-state index >= 15 is 0 Å². The Kier molecular flexibility index (Phi) is 5.78. The maximum absolute atomic E-state index is 12.4. The first-order valence-corrected chi connectivity index (χ1v) is 9.05. The first kappa shape index (κ1) is 18.2. The van der Waals surface area contributed by atoms with Gasteiger partial charge in [-0.05, 0) is 50.6 Å². The van der Waals surface area contributed by atoms with Gasteiger partial charge in [-0.3, -0.25) is 9.00 Å². The molecule has 2 aromatic carbocycles. The molecule has 0 saturated carbocycles. The number of rotatable bonds is 5. The number of para-hydroxylation sites is 1. The molecule has 24 heavy (non-hydrogen) atoms. The summed E-state index contributed by atoms with van der Waals surface area (Å²) in [6.07, 6.45) is 0. The van der Waals surface area contributed by atoms with Crippen LogP contribution in [0.5, 0.6) is 5.75 Å². The van der Waals surface area contributed by atoms with Crippen molar-refractivity contribution in [1.82, 2.24) is 0 Å². The van der Waals surface area contributed by atoms with Crippen molar-refractivity contribution in [2.75, 3.05) is 12.4 Å². The Labute approximate surface area is 145 Å². The van der Waals surface area contributed by atoms with Crippen LogP contribution in [0, 0.1) is 0 Å². The molecule has 4 nitrogen and oxygen atoms in total. The van der Waals surface area contributed by atoms with Gasteiger partial charge >= 0.3 is 0 Å². The third kappa shape index (κ3) is 4.68. The number of amides is 1. The van der Waals surface area contributed by atoms with Crippen LogP contribution in [0.4, 0.5) is 5.69 Å². The second kappa shape index (κ2) is 7.62. The third-order valence-corrected chi connectivity index (χ3v) is 5.48. The number of anilines is 1. The number of ether oxygens (including phenoxy) is 1. The predicted octanol–water partition coefficient (Wildman–Crippen LogP) is 3.99. The van der Waals surface area contributed by atoms with Crippen molar-refractivity contribution in [3.8, 4) is 5.75 Å². The summed E-state index contributed by atoms with van der Waals surface area (Å²) in [5.41, 5.74) is 2.08. The lowest BCUT2D eigenvalue weighted by molar-refractivity contribution is 0.102. The third-order valence-electron chi connectivity index (χ3n) is 3.52. The van der Waals surface area contributed by atoms with Gasteiger partial charge in [-0.1, -0.05) is 24.3 Å². The Bertz CT molecular complexity index is 750. The van der Waals surface area contributed by atoms with E-state index in [1.54, 1.807) is 18.2 Å². The lowest BCUT2D eigenvalue weighted by atomic mass is 10.1. The summed E-state index contributed by atoms with van der Waals surface area (Å²) < 4.78 is 17.2. The lowest BCUT2D eigenvalue weighted by Gasteiger charge is -2.18. The summed E-state index contributed by atoms with van der Waals surface area (Å²) in [4.78, 5) is 12.4. The number of carbonyl (C=O) groups excluding carboxylic acids is 1. The molecule has 0 bridgehead atoms. The molecule has 0 aliphatic carbocycles. The quantitative estimate of drug-likeness (QED) is 0.891. The van der Waals surface area contributed by atoms with E-state index in [-0.39, 0.29) is 10.7 Å². The molecule has 0 unspecified atom stereocenters. The SMILES string of the molecule is COc1ccccc1C(=O)Nc1cccc(C[S@@](=O)C(C)(C)C)c1. The molecule has 0 heterocycles. The Morgan fingerprint density at radius 1 is 1.12 bits per heavy atom. The summed E-state index contributed by atoms with van der Waals surface area (Å²) in [6, 6.07) is 14.5. The van der Waals surface area contributed by atoms with Gasteiger partial charge in [0.1, 0.15) is 5.75 Å². The van der Waals surface area contributed by atoms with E-state index in [1.807, 2.05) is 51.1 Å². The fourth-order valence-corrected chi connectivity index (χ4v) is 3.05. The topological polar surface area (TPSA) is 55.4 Å². The number of nitrogens with one attached hydrogen (secondary N) is 1. The number of methoxy groups -OCH3 is 1. The van der Waals surface area contributed by atoms with Gasteiger partial charge in [0.25, 0.3) is 5.91 Å². The molecule has 0 saturated heterocycles. The largest absolute Gasteiger partial charge is 0.496 e.